The Kier molecular flexibility index (Phi) is 4.93. The van der Waals surface area contributed by atoms with E-state index in [1.165, 1.54) is 11.3 Å². The van der Waals surface area contributed by atoms with Crippen LogP contribution in [0.15, 0.2) is 24.3 Å². The summed E-state index contributed by atoms with van der Waals surface area (Å²) in [5.41, 5.74) is 0.898. The number of esters is 1. The number of benzene rings is 1. The number of ether oxygens (including phenoxy) is 2. The Balaban J connectivity index is 1.53. The van der Waals surface area contributed by atoms with Crippen molar-refractivity contribution in [2.45, 2.75) is 25.9 Å². The van der Waals surface area contributed by atoms with Crippen molar-refractivity contribution >= 4 is 33.3 Å². The fourth-order valence-corrected chi connectivity index (χ4v) is 3.75. The third kappa shape index (κ3) is 3.71. The van der Waals surface area contributed by atoms with E-state index in [1.807, 2.05) is 31.2 Å². The SMILES string of the molecule is Cc1c(C(=O)OCC(=O)NC[C@H]2CCCO2)sc2ccccc12. The smallest absolute Gasteiger partial charge is 0.349 e. The van der Waals surface area contributed by atoms with Crippen LogP contribution in [0.1, 0.15) is 28.1 Å². The van der Waals surface area contributed by atoms with Crippen LogP contribution in [-0.4, -0.2) is 37.7 Å². The Hall–Kier alpha value is -1.92. The molecule has 5 nitrogen and oxygen atoms in total. The first-order chi connectivity index (χ1) is 11.1. The van der Waals surface area contributed by atoms with Crippen LogP contribution in [0.2, 0.25) is 0 Å². The second-order valence-corrected chi connectivity index (χ2v) is 6.62. The Labute approximate surface area is 138 Å². The maximum atomic E-state index is 12.2. The van der Waals surface area contributed by atoms with Gasteiger partial charge in [-0.2, -0.15) is 0 Å². The lowest BCUT2D eigenvalue weighted by molar-refractivity contribution is -0.124. The summed E-state index contributed by atoms with van der Waals surface area (Å²) in [6.45, 7) is 2.85. The molecule has 0 unspecified atom stereocenters. The minimum absolute atomic E-state index is 0.0829. The van der Waals surface area contributed by atoms with E-state index in [2.05, 4.69) is 5.32 Å². The van der Waals surface area contributed by atoms with Gasteiger partial charge in [0, 0.05) is 17.9 Å². The Bertz CT molecular complexity index is 718. The van der Waals surface area contributed by atoms with Gasteiger partial charge in [-0.3, -0.25) is 4.79 Å². The zero-order valence-corrected chi connectivity index (χ0v) is 13.8. The summed E-state index contributed by atoms with van der Waals surface area (Å²) >= 11 is 1.39. The summed E-state index contributed by atoms with van der Waals surface area (Å²) in [6, 6.07) is 7.83. The fraction of sp³-hybridized carbons (Fsp3) is 0.412. The summed E-state index contributed by atoms with van der Waals surface area (Å²) in [4.78, 5) is 24.5. The second kappa shape index (κ2) is 7.10. The first-order valence-corrected chi connectivity index (χ1v) is 8.50. The van der Waals surface area contributed by atoms with Crippen molar-refractivity contribution in [1.29, 1.82) is 0 Å². The lowest BCUT2D eigenvalue weighted by Gasteiger charge is -2.10. The number of fused-ring (bicyclic) bond motifs is 1. The standard InChI is InChI=1S/C17H19NO4S/c1-11-13-6-2-3-7-14(13)23-16(11)17(20)22-10-15(19)18-9-12-5-4-8-21-12/h2-3,6-7,12H,4-5,8-10H2,1H3,(H,18,19)/t12-/m1/s1. The van der Waals surface area contributed by atoms with Crippen LogP contribution in [0.4, 0.5) is 0 Å². The highest BCUT2D eigenvalue weighted by Gasteiger charge is 2.19. The summed E-state index contributed by atoms with van der Waals surface area (Å²) in [7, 11) is 0. The van der Waals surface area contributed by atoms with Crippen molar-refractivity contribution in [2.24, 2.45) is 0 Å². The van der Waals surface area contributed by atoms with Crippen LogP contribution in [0.3, 0.4) is 0 Å². The molecule has 0 bridgehead atoms. The van der Waals surface area contributed by atoms with Crippen molar-refractivity contribution in [3.05, 3.63) is 34.7 Å². The quantitative estimate of drug-likeness (QED) is 0.855. The highest BCUT2D eigenvalue weighted by Crippen LogP contribution is 2.30. The number of amides is 1. The van der Waals surface area contributed by atoms with Crippen LogP contribution in [0.5, 0.6) is 0 Å². The fourth-order valence-electron chi connectivity index (χ4n) is 2.65. The molecule has 0 radical (unpaired) electrons. The molecule has 1 saturated heterocycles. The molecule has 3 rings (SSSR count). The van der Waals surface area contributed by atoms with E-state index in [4.69, 9.17) is 9.47 Å². The number of carbonyl (C=O) groups is 2. The predicted octanol–water partition coefficient (Wildman–Crippen LogP) is 2.66. The molecule has 1 aromatic carbocycles. The molecular formula is C17H19NO4S. The molecule has 2 aromatic rings. The zero-order chi connectivity index (χ0) is 16.2. The van der Waals surface area contributed by atoms with Gasteiger partial charge in [-0.05, 0) is 36.8 Å². The number of rotatable bonds is 5. The van der Waals surface area contributed by atoms with Crippen molar-refractivity contribution in [1.82, 2.24) is 5.32 Å². The average Bonchev–Trinajstić information content (AvgIpc) is 3.19. The molecule has 122 valence electrons. The molecule has 1 atom stereocenters. The number of aryl methyl sites for hydroxylation is 1. The third-order valence-corrected chi connectivity index (χ3v) is 5.17. The first-order valence-electron chi connectivity index (χ1n) is 7.68. The highest BCUT2D eigenvalue weighted by atomic mass is 32.1. The van der Waals surface area contributed by atoms with E-state index < -0.39 is 5.97 Å². The van der Waals surface area contributed by atoms with Crippen LogP contribution in [-0.2, 0) is 14.3 Å². The lowest BCUT2D eigenvalue weighted by Crippen LogP contribution is -2.34. The molecule has 1 aromatic heterocycles. The second-order valence-electron chi connectivity index (χ2n) is 5.57. The molecule has 0 spiro atoms. The molecule has 1 amide bonds. The third-order valence-electron chi connectivity index (χ3n) is 3.91. The molecule has 0 saturated carbocycles. The van der Waals surface area contributed by atoms with E-state index in [0.717, 1.165) is 35.1 Å². The molecule has 6 heteroatoms. The van der Waals surface area contributed by atoms with Crippen LogP contribution in [0, 0.1) is 6.92 Å². The Morgan fingerprint density at radius 3 is 2.96 bits per heavy atom. The molecule has 1 aliphatic rings. The lowest BCUT2D eigenvalue weighted by atomic mass is 10.1. The number of hydrogen-bond donors (Lipinski definition) is 1. The van der Waals surface area contributed by atoms with Gasteiger partial charge >= 0.3 is 5.97 Å². The average molecular weight is 333 g/mol. The van der Waals surface area contributed by atoms with E-state index >= 15 is 0 Å². The van der Waals surface area contributed by atoms with Crippen LogP contribution < -0.4 is 5.32 Å². The molecule has 1 fully saturated rings. The van der Waals surface area contributed by atoms with E-state index in [1.54, 1.807) is 0 Å². The zero-order valence-electron chi connectivity index (χ0n) is 13.0. The topological polar surface area (TPSA) is 64.6 Å². The molecule has 2 heterocycles. The minimum Gasteiger partial charge on any atom is -0.451 e. The van der Waals surface area contributed by atoms with Gasteiger partial charge in [0.25, 0.3) is 5.91 Å². The predicted molar refractivity (Wildman–Crippen MR) is 88.8 cm³/mol. The van der Waals surface area contributed by atoms with E-state index in [0.29, 0.717) is 11.4 Å². The van der Waals surface area contributed by atoms with Gasteiger partial charge in [0.1, 0.15) is 4.88 Å². The molecule has 0 aliphatic carbocycles. The van der Waals surface area contributed by atoms with Gasteiger partial charge in [0.05, 0.1) is 6.10 Å². The summed E-state index contributed by atoms with van der Waals surface area (Å²) < 4.78 is 11.6. The van der Waals surface area contributed by atoms with E-state index in [-0.39, 0.29) is 18.6 Å². The van der Waals surface area contributed by atoms with E-state index in [9.17, 15) is 9.59 Å². The van der Waals surface area contributed by atoms with Gasteiger partial charge in [-0.1, -0.05) is 18.2 Å². The first kappa shape index (κ1) is 16.0. The molecular weight excluding hydrogens is 314 g/mol. The van der Waals surface area contributed by atoms with Crippen molar-refractivity contribution < 1.29 is 19.1 Å². The maximum Gasteiger partial charge on any atom is 0.349 e. The normalized spacial score (nSPS) is 17.3. The molecule has 23 heavy (non-hydrogen) atoms. The summed E-state index contributed by atoms with van der Waals surface area (Å²) in [5, 5.41) is 3.78. The monoisotopic (exact) mass is 333 g/mol. The van der Waals surface area contributed by atoms with Crippen molar-refractivity contribution in [3.63, 3.8) is 0 Å². The number of hydrogen-bond acceptors (Lipinski definition) is 5. The van der Waals surface area contributed by atoms with Crippen LogP contribution in [0.25, 0.3) is 10.1 Å². The summed E-state index contributed by atoms with van der Waals surface area (Å²) in [6.07, 6.45) is 2.07. The van der Waals surface area contributed by atoms with Gasteiger partial charge in [0.2, 0.25) is 0 Å². The van der Waals surface area contributed by atoms with Gasteiger partial charge in [0.15, 0.2) is 6.61 Å². The van der Waals surface area contributed by atoms with Crippen LogP contribution >= 0.6 is 11.3 Å². The molecule has 1 N–H and O–H groups in total. The summed E-state index contributed by atoms with van der Waals surface area (Å²) in [5.74, 6) is -0.747. The maximum absolute atomic E-state index is 12.2. The Morgan fingerprint density at radius 1 is 1.39 bits per heavy atom. The Morgan fingerprint density at radius 2 is 2.22 bits per heavy atom. The van der Waals surface area contributed by atoms with Gasteiger partial charge < -0.3 is 14.8 Å². The molecule has 1 aliphatic heterocycles. The number of thiophene rings is 1. The number of nitrogens with one attached hydrogen (secondary N) is 1. The number of carbonyl (C=O) groups excluding carboxylic acids is 2. The van der Waals surface area contributed by atoms with Crippen molar-refractivity contribution in [3.8, 4) is 0 Å². The largest absolute Gasteiger partial charge is 0.451 e. The minimum atomic E-state index is -0.448. The highest BCUT2D eigenvalue weighted by molar-refractivity contribution is 7.21. The van der Waals surface area contributed by atoms with Gasteiger partial charge in [-0.25, -0.2) is 4.79 Å². The van der Waals surface area contributed by atoms with Gasteiger partial charge in [-0.15, -0.1) is 11.3 Å². The van der Waals surface area contributed by atoms with Crippen molar-refractivity contribution in [2.75, 3.05) is 19.8 Å².